The van der Waals surface area contributed by atoms with Gasteiger partial charge < -0.3 is 19.7 Å². The Balaban J connectivity index is 1.59. The molecule has 7 nitrogen and oxygen atoms in total. The Morgan fingerprint density at radius 2 is 1.69 bits per heavy atom. The smallest absolute Gasteiger partial charge is 0.339 e. The van der Waals surface area contributed by atoms with E-state index in [1.807, 2.05) is 18.2 Å². The van der Waals surface area contributed by atoms with Crippen molar-refractivity contribution >= 4 is 41.0 Å². The van der Waals surface area contributed by atoms with E-state index in [1.165, 1.54) is 31.9 Å². The van der Waals surface area contributed by atoms with Gasteiger partial charge in [0.15, 0.2) is 5.11 Å². The number of benzene rings is 2. The summed E-state index contributed by atoms with van der Waals surface area (Å²) < 4.78 is 9.62. The predicted octanol–water partition coefficient (Wildman–Crippen LogP) is 3.29. The monoisotopic (exact) mass is 453 g/mol. The second-order valence-electron chi connectivity index (χ2n) is 7.27. The normalized spacial score (nSPS) is 14.2. The first kappa shape index (κ1) is 23.4. The van der Waals surface area contributed by atoms with Crippen LogP contribution in [0.4, 0.5) is 5.69 Å². The third-order valence-corrected chi connectivity index (χ3v) is 5.58. The zero-order valence-electron chi connectivity index (χ0n) is 18.2. The van der Waals surface area contributed by atoms with Gasteiger partial charge in [-0.1, -0.05) is 42.5 Å². The van der Waals surface area contributed by atoms with Crippen molar-refractivity contribution in [3.05, 3.63) is 71.3 Å². The number of carbonyl (C=O) groups excluding carboxylic acids is 2. The first-order valence-electron chi connectivity index (χ1n) is 10.3. The van der Waals surface area contributed by atoms with E-state index in [-0.39, 0.29) is 0 Å². The molecular weight excluding hydrogens is 426 g/mol. The average molecular weight is 454 g/mol. The van der Waals surface area contributed by atoms with Crippen molar-refractivity contribution in [1.29, 1.82) is 0 Å². The molecule has 0 unspecified atom stereocenters. The Morgan fingerprint density at radius 1 is 1.00 bits per heavy atom. The van der Waals surface area contributed by atoms with Crippen LogP contribution in [0.2, 0.25) is 0 Å². The molecule has 3 rings (SSSR count). The van der Waals surface area contributed by atoms with Gasteiger partial charge in [-0.15, -0.1) is 0 Å². The number of nitrogens with one attached hydrogen (secondary N) is 1. The SMILES string of the molecule is COC(=O)c1ccc(C(=O)OC)c(NC(=S)N2CCN(CC=Cc3ccccc3)CC2)c1. The van der Waals surface area contributed by atoms with Crippen LogP contribution in [0.15, 0.2) is 54.6 Å². The molecule has 1 heterocycles. The van der Waals surface area contributed by atoms with E-state index in [1.54, 1.807) is 6.07 Å². The summed E-state index contributed by atoms with van der Waals surface area (Å²) in [5.74, 6) is -1.01. The standard InChI is InChI=1S/C24H27N3O4S/c1-30-22(28)19-10-11-20(23(29)31-2)21(17-19)25-24(32)27-15-13-26(14-16-27)12-6-9-18-7-4-3-5-8-18/h3-11,17H,12-16H2,1-2H3,(H,25,32). The fraction of sp³-hybridized carbons (Fsp3) is 0.292. The van der Waals surface area contributed by atoms with Gasteiger partial charge in [0.2, 0.25) is 0 Å². The maximum atomic E-state index is 12.1. The highest BCUT2D eigenvalue weighted by atomic mass is 32.1. The van der Waals surface area contributed by atoms with Gasteiger partial charge in [0.1, 0.15) is 0 Å². The molecule has 1 aliphatic heterocycles. The largest absolute Gasteiger partial charge is 0.465 e. The first-order valence-corrected chi connectivity index (χ1v) is 10.7. The van der Waals surface area contributed by atoms with Crippen LogP contribution in [0.5, 0.6) is 0 Å². The summed E-state index contributed by atoms with van der Waals surface area (Å²) >= 11 is 5.58. The van der Waals surface area contributed by atoms with Crippen LogP contribution in [-0.2, 0) is 9.47 Å². The molecule has 0 aliphatic carbocycles. The van der Waals surface area contributed by atoms with E-state index in [2.05, 4.69) is 39.4 Å². The molecule has 0 amide bonds. The van der Waals surface area contributed by atoms with E-state index in [0.717, 1.165) is 32.7 Å². The second-order valence-corrected chi connectivity index (χ2v) is 7.66. The number of hydrogen-bond donors (Lipinski definition) is 1. The third-order valence-electron chi connectivity index (χ3n) is 5.22. The third kappa shape index (κ3) is 6.15. The van der Waals surface area contributed by atoms with Gasteiger partial charge in [-0.25, -0.2) is 9.59 Å². The molecule has 1 saturated heterocycles. The number of anilines is 1. The quantitative estimate of drug-likeness (QED) is 0.528. The van der Waals surface area contributed by atoms with Crippen molar-refractivity contribution in [2.75, 3.05) is 52.3 Å². The van der Waals surface area contributed by atoms with Gasteiger partial charge in [0.25, 0.3) is 0 Å². The lowest BCUT2D eigenvalue weighted by Gasteiger charge is -2.35. The van der Waals surface area contributed by atoms with Gasteiger partial charge in [0, 0.05) is 32.7 Å². The minimum Gasteiger partial charge on any atom is -0.465 e. The second kappa shape index (κ2) is 11.4. The number of thiocarbonyl (C=S) groups is 1. The summed E-state index contributed by atoms with van der Waals surface area (Å²) in [6, 6.07) is 14.8. The van der Waals surface area contributed by atoms with Gasteiger partial charge >= 0.3 is 11.9 Å². The minimum absolute atomic E-state index is 0.298. The van der Waals surface area contributed by atoms with Gasteiger partial charge in [0.05, 0.1) is 31.0 Å². The molecule has 1 N–H and O–H groups in total. The van der Waals surface area contributed by atoms with E-state index in [4.69, 9.17) is 21.7 Å². The molecule has 2 aromatic rings. The van der Waals surface area contributed by atoms with Crippen LogP contribution >= 0.6 is 12.2 Å². The zero-order chi connectivity index (χ0) is 22.9. The number of esters is 2. The lowest BCUT2D eigenvalue weighted by molar-refractivity contribution is 0.0587. The van der Waals surface area contributed by atoms with Crippen LogP contribution < -0.4 is 5.32 Å². The van der Waals surface area contributed by atoms with Crippen molar-refractivity contribution in [1.82, 2.24) is 9.80 Å². The molecule has 0 saturated carbocycles. The lowest BCUT2D eigenvalue weighted by atomic mass is 10.1. The Kier molecular flexibility index (Phi) is 8.35. The van der Waals surface area contributed by atoms with Crippen LogP contribution in [0.25, 0.3) is 6.08 Å². The summed E-state index contributed by atoms with van der Waals surface area (Å²) in [5, 5.41) is 3.61. The fourth-order valence-corrected chi connectivity index (χ4v) is 3.70. The molecule has 0 atom stereocenters. The number of methoxy groups -OCH3 is 2. The Hall–Kier alpha value is -3.23. The summed E-state index contributed by atoms with van der Waals surface area (Å²) in [7, 11) is 2.62. The lowest BCUT2D eigenvalue weighted by Crippen LogP contribution is -2.49. The van der Waals surface area contributed by atoms with Gasteiger partial charge in [-0.05, 0) is 36.0 Å². The molecule has 2 aromatic carbocycles. The van der Waals surface area contributed by atoms with Crippen LogP contribution in [0, 0.1) is 0 Å². The van der Waals surface area contributed by atoms with E-state index in [0.29, 0.717) is 21.9 Å². The highest BCUT2D eigenvalue weighted by molar-refractivity contribution is 7.80. The average Bonchev–Trinajstić information content (AvgIpc) is 2.84. The van der Waals surface area contributed by atoms with Gasteiger partial charge in [-0.3, -0.25) is 4.90 Å². The molecule has 32 heavy (non-hydrogen) atoms. The molecule has 0 bridgehead atoms. The number of nitrogens with zero attached hydrogens (tertiary/aromatic N) is 2. The van der Waals surface area contributed by atoms with Crippen LogP contribution in [-0.4, -0.2) is 73.8 Å². The van der Waals surface area contributed by atoms with E-state index >= 15 is 0 Å². The van der Waals surface area contributed by atoms with Crippen molar-refractivity contribution < 1.29 is 19.1 Å². The molecule has 1 aliphatic rings. The molecule has 8 heteroatoms. The number of ether oxygens (including phenoxy) is 2. The number of carbonyl (C=O) groups is 2. The first-order chi connectivity index (χ1) is 15.5. The molecule has 0 spiro atoms. The van der Waals surface area contributed by atoms with E-state index < -0.39 is 11.9 Å². The van der Waals surface area contributed by atoms with Crippen molar-refractivity contribution in [3.8, 4) is 0 Å². The van der Waals surface area contributed by atoms with Crippen molar-refractivity contribution in [2.24, 2.45) is 0 Å². The number of rotatable bonds is 6. The molecule has 1 fully saturated rings. The predicted molar refractivity (Wildman–Crippen MR) is 129 cm³/mol. The van der Waals surface area contributed by atoms with E-state index in [9.17, 15) is 9.59 Å². The number of hydrogen-bond acceptors (Lipinski definition) is 6. The number of piperazine rings is 1. The Morgan fingerprint density at radius 3 is 2.34 bits per heavy atom. The summed E-state index contributed by atoms with van der Waals surface area (Å²) in [4.78, 5) is 28.4. The summed E-state index contributed by atoms with van der Waals surface area (Å²) in [6.07, 6.45) is 4.30. The van der Waals surface area contributed by atoms with Gasteiger partial charge in [-0.2, -0.15) is 0 Å². The molecule has 0 aromatic heterocycles. The maximum Gasteiger partial charge on any atom is 0.339 e. The highest BCUT2D eigenvalue weighted by Crippen LogP contribution is 2.21. The molecule has 168 valence electrons. The Labute approximate surface area is 193 Å². The minimum atomic E-state index is -0.512. The van der Waals surface area contributed by atoms with Crippen molar-refractivity contribution in [3.63, 3.8) is 0 Å². The fourth-order valence-electron chi connectivity index (χ4n) is 3.41. The highest BCUT2D eigenvalue weighted by Gasteiger charge is 2.21. The summed E-state index contributed by atoms with van der Waals surface area (Å²) in [5.41, 5.74) is 2.22. The Bertz CT molecular complexity index is 986. The topological polar surface area (TPSA) is 71.1 Å². The molecular formula is C24H27N3O4S. The maximum absolute atomic E-state index is 12.1. The summed E-state index contributed by atoms with van der Waals surface area (Å²) in [6.45, 7) is 4.13. The van der Waals surface area contributed by atoms with Crippen LogP contribution in [0.3, 0.4) is 0 Å². The molecule has 0 radical (unpaired) electrons. The zero-order valence-corrected chi connectivity index (χ0v) is 19.1. The van der Waals surface area contributed by atoms with Crippen LogP contribution in [0.1, 0.15) is 26.3 Å². The van der Waals surface area contributed by atoms with Crippen molar-refractivity contribution in [2.45, 2.75) is 0 Å².